The minimum absolute atomic E-state index is 0.0258. The molecule has 0 radical (unpaired) electrons. The fourth-order valence-electron chi connectivity index (χ4n) is 3.27. The molecule has 1 amide bonds. The van der Waals surface area contributed by atoms with Gasteiger partial charge in [0.2, 0.25) is 11.8 Å². The van der Waals surface area contributed by atoms with Crippen molar-refractivity contribution in [1.29, 1.82) is 0 Å². The van der Waals surface area contributed by atoms with Crippen molar-refractivity contribution in [1.82, 2.24) is 9.97 Å². The second kappa shape index (κ2) is 9.07. The number of benzene rings is 1. The summed E-state index contributed by atoms with van der Waals surface area (Å²) in [5, 5.41) is 1.94. The maximum Gasteiger partial charge on any atom is 0.417 e. The van der Waals surface area contributed by atoms with E-state index < -0.39 is 29.3 Å². The van der Waals surface area contributed by atoms with Gasteiger partial charge in [-0.15, -0.1) is 0 Å². The van der Waals surface area contributed by atoms with Gasteiger partial charge in [-0.25, -0.2) is 4.98 Å². The van der Waals surface area contributed by atoms with Crippen LogP contribution in [0.2, 0.25) is 5.02 Å². The summed E-state index contributed by atoms with van der Waals surface area (Å²) >= 11 is 5.59. The maximum atomic E-state index is 12.9. The second-order valence-corrected chi connectivity index (χ2v) is 7.78. The van der Waals surface area contributed by atoms with Crippen LogP contribution < -0.4 is 15.0 Å². The van der Waals surface area contributed by atoms with Gasteiger partial charge in [0.15, 0.2) is 6.61 Å². The standard InChI is InChI=1S/C20H22ClF3N4O2/c1-12-4-3-7-28(10-12)19-25-13(2)8-18(27-19)30-11-17(29)26-14-5-6-16(21)15(9-14)20(22,23)24/h5-6,8-9,12H,3-4,7,10-11H2,1-2H3,(H,26,29). The molecule has 1 fully saturated rings. The zero-order chi connectivity index (χ0) is 21.9. The number of piperidine rings is 1. The van der Waals surface area contributed by atoms with Crippen molar-refractivity contribution in [3.63, 3.8) is 0 Å². The SMILES string of the molecule is Cc1cc(OCC(=O)Nc2ccc(Cl)c(C(F)(F)F)c2)nc(N2CCCC(C)C2)n1. The van der Waals surface area contributed by atoms with Crippen molar-refractivity contribution >= 4 is 29.1 Å². The molecule has 0 bridgehead atoms. The van der Waals surface area contributed by atoms with Crippen molar-refractivity contribution in [2.24, 2.45) is 5.92 Å². The number of carbonyl (C=O) groups is 1. The molecule has 0 saturated carbocycles. The van der Waals surface area contributed by atoms with Crippen LogP contribution in [0.4, 0.5) is 24.8 Å². The Morgan fingerprint density at radius 3 is 2.80 bits per heavy atom. The highest BCUT2D eigenvalue weighted by atomic mass is 35.5. The lowest BCUT2D eigenvalue weighted by molar-refractivity contribution is -0.137. The summed E-state index contributed by atoms with van der Waals surface area (Å²) in [7, 11) is 0. The lowest BCUT2D eigenvalue weighted by atomic mass is 10.0. The van der Waals surface area contributed by atoms with Crippen LogP contribution in [-0.4, -0.2) is 35.6 Å². The molecule has 1 saturated heterocycles. The number of hydrogen-bond donors (Lipinski definition) is 1. The Morgan fingerprint density at radius 1 is 1.33 bits per heavy atom. The van der Waals surface area contributed by atoms with E-state index in [0.717, 1.165) is 38.1 Å². The molecule has 1 N–H and O–H groups in total. The van der Waals surface area contributed by atoms with Crippen molar-refractivity contribution in [2.75, 3.05) is 29.9 Å². The Hall–Kier alpha value is -2.55. The number of amides is 1. The van der Waals surface area contributed by atoms with Gasteiger partial charge in [-0.2, -0.15) is 18.2 Å². The fourth-order valence-corrected chi connectivity index (χ4v) is 3.49. The topological polar surface area (TPSA) is 67.3 Å². The predicted octanol–water partition coefficient (Wildman–Crippen LogP) is 4.71. The molecule has 10 heteroatoms. The highest BCUT2D eigenvalue weighted by Crippen LogP contribution is 2.36. The van der Waals surface area contributed by atoms with E-state index in [0.29, 0.717) is 17.6 Å². The molecule has 2 aromatic rings. The summed E-state index contributed by atoms with van der Waals surface area (Å²) in [4.78, 5) is 23.0. The van der Waals surface area contributed by atoms with E-state index in [1.807, 2.05) is 0 Å². The minimum Gasteiger partial charge on any atom is -0.467 e. The maximum absolute atomic E-state index is 12.9. The van der Waals surface area contributed by atoms with E-state index in [2.05, 4.69) is 27.1 Å². The largest absolute Gasteiger partial charge is 0.467 e. The third-order valence-corrected chi connectivity index (χ3v) is 5.00. The van der Waals surface area contributed by atoms with Gasteiger partial charge in [-0.3, -0.25) is 4.79 Å². The molecule has 0 spiro atoms. The summed E-state index contributed by atoms with van der Waals surface area (Å²) in [6, 6.07) is 4.76. The van der Waals surface area contributed by atoms with E-state index in [9.17, 15) is 18.0 Å². The zero-order valence-corrected chi connectivity index (χ0v) is 17.3. The van der Waals surface area contributed by atoms with Crippen LogP contribution in [0.5, 0.6) is 5.88 Å². The summed E-state index contributed by atoms with van der Waals surface area (Å²) in [6.07, 6.45) is -2.40. The Kier molecular flexibility index (Phi) is 6.70. The molecule has 1 unspecified atom stereocenters. The second-order valence-electron chi connectivity index (χ2n) is 7.37. The number of rotatable bonds is 5. The molecule has 0 aliphatic carbocycles. The molecular weight excluding hydrogens is 421 g/mol. The highest BCUT2D eigenvalue weighted by Gasteiger charge is 2.33. The number of aromatic nitrogens is 2. The molecule has 6 nitrogen and oxygen atoms in total. The first kappa shape index (κ1) is 22.1. The molecule has 162 valence electrons. The van der Waals surface area contributed by atoms with Crippen LogP contribution in [0.15, 0.2) is 24.3 Å². The molecule has 1 aliphatic heterocycles. The number of ether oxygens (including phenoxy) is 1. The Balaban J connectivity index is 1.64. The molecular formula is C20H22ClF3N4O2. The molecule has 2 heterocycles. The number of nitrogens with one attached hydrogen (secondary N) is 1. The van der Waals surface area contributed by atoms with E-state index in [1.165, 1.54) is 6.07 Å². The molecule has 1 aliphatic rings. The summed E-state index contributed by atoms with van der Waals surface area (Å²) in [5.41, 5.74) is -0.349. The van der Waals surface area contributed by atoms with Gasteiger partial charge in [0.25, 0.3) is 5.91 Å². The number of alkyl halides is 3. The Morgan fingerprint density at radius 2 is 2.10 bits per heavy atom. The Bertz CT molecular complexity index is 923. The van der Waals surface area contributed by atoms with Crippen LogP contribution in [0, 0.1) is 12.8 Å². The first-order chi connectivity index (χ1) is 14.1. The van der Waals surface area contributed by atoms with Gasteiger partial charge in [0.1, 0.15) is 0 Å². The van der Waals surface area contributed by atoms with Gasteiger partial charge < -0.3 is 15.0 Å². The van der Waals surface area contributed by atoms with E-state index in [-0.39, 0.29) is 11.6 Å². The number of halogens is 4. The van der Waals surface area contributed by atoms with E-state index >= 15 is 0 Å². The average molecular weight is 443 g/mol. The first-order valence-corrected chi connectivity index (χ1v) is 9.89. The van der Waals surface area contributed by atoms with Gasteiger partial charge >= 0.3 is 6.18 Å². The number of anilines is 2. The van der Waals surface area contributed by atoms with Crippen molar-refractivity contribution < 1.29 is 22.7 Å². The number of aryl methyl sites for hydroxylation is 1. The smallest absolute Gasteiger partial charge is 0.417 e. The number of hydrogen-bond acceptors (Lipinski definition) is 5. The third-order valence-electron chi connectivity index (χ3n) is 4.67. The van der Waals surface area contributed by atoms with Gasteiger partial charge in [-0.05, 0) is 43.9 Å². The van der Waals surface area contributed by atoms with E-state index in [4.69, 9.17) is 16.3 Å². The van der Waals surface area contributed by atoms with Crippen LogP contribution in [0.25, 0.3) is 0 Å². The van der Waals surface area contributed by atoms with Gasteiger partial charge in [0.05, 0.1) is 10.6 Å². The fraction of sp³-hybridized carbons (Fsp3) is 0.450. The third kappa shape index (κ3) is 5.75. The lowest BCUT2D eigenvalue weighted by Gasteiger charge is -2.31. The highest BCUT2D eigenvalue weighted by molar-refractivity contribution is 6.31. The zero-order valence-electron chi connectivity index (χ0n) is 16.6. The number of nitrogens with zero attached hydrogens (tertiary/aromatic N) is 3. The summed E-state index contributed by atoms with van der Waals surface area (Å²) < 4.78 is 44.3. The van der Waals surface area contributed by atoms with Crippen LogP contribution in [0.1, 0.15) is 31.0 Å². The molecule has 1 atom stereocenters. The molecule has 1 aromatic heterocycles. The van der Waals surface area contributed by atoms with Crippen molar-refractivity contribution in [3.8, 4) is 5.88 Å². The Labute approximate surface area is 177 Å². The van der Waals surface area contributed by atoms with Gasteiger partial charge in [0, 0.05) is 30.5 Å². The first-order valence-electron chi connectivity index (χ1n) is 9.52. The summed E-state index contributed by atoms with van der Waals surface area (Å²) in [6.45, 7) is 5.27. The molecule has 30 heavy (non-hydrogen) atoms. The van der Waals surface area contributed by atoms with Crippen LogP contribution in [0.3, 0.4) is 0 Å². The predicted molar refractivity (Wildman–Crippen MR) is 108 cm³/mol. The quantitative estimate of drug-likeness (QED) is 0.726. The van der Waals surface area contributed by atoms with Gasteiger partial charge in [-0.1, -0.05) is 18.5 Å². The van der Waals surface area contributed by atoms with Crippen molar-refractivity contribution in [2.45, 2.75) is 32.9 Å². The lowest BCUT2D eigenvalue weighted by Crippen LogP contribution is -2.35. The summed E-state index contributed by atoms with van der Waals surface area (Å²) in [5.74, 6) is 0.705. The van der Waals surface area contributed by atoms with Crippen LogP contribution >= 0.6 is 11.6 Å². The molecule has 1 aromatic carbocycles. The van der Waals surface area contributed by atoms with Crippen LogP contribution in [-0.2, 0) is 11.0 Å². The normalized spacial score (nSPS) is 17.0. The average Bonchev–Trinajstić information content (AvgIpc) is 2.66. The number of carbonyl (C=O) groups excluding carboxylic acids is 1. The minimum atomic E-state index is -4.62. The monoisotopic (exact) mass is 442 g/mol. The molecule has 3 rings (SSSR count). The van der Waals surface area contributed by atoms with E-state index in [1.54, 1.807) is 13.0 Å². The van der Waals surface area contributed by atoms with Crippen molar-refractivity contribution in [3.05, 3.63) is 40.5 Å².